The third kappa shape index (κ3) is 4.28. The minimum atomic E-state index is 0.495. The Morgan fingerprint density at radius 1 is 1.21 bits per heavy atom. The van der Waals surface area contributed by atoms with Gasteiger partial charge in [0, 0.05) is 30.8 Å². The van der Waals surface area contributed by atoms with E-state index in [4.69, 9.17) is 21.9 Å². The summed E-state index contributed by atoms with van der Waals surface area (Å²) in [5.74, 6) is 1.83. The molecule has 28 heavy (non-hydrogen) atoms. The van der Waals surface area contributed by atoms with Gasteiger partial charge in [-0.3, -0.25) is 0 Å². The molecule has 1 aliphatic rings. The molecule has 4 rings (SSSR count). The number of H-pyrrole nitrogens is 1. The van der Waals surface area contributed by atoms with E-state index < -0.39 is 0 Å². The van der Waals surface area contributed by atoms with Crippen LogP contribution in [0.4, 0.5) is 5.69 Å². The maximum atomic E-state index is 5.80. The van der Waals surface area contributed by atoms with Gasteiger partial charge in [-0.15, -0.1) is 0 Å². The van der Waals surface area contributed by atoms with E-state index in [1.165, 1.54) is 25.7 Å². The molecule has 2 N–H and O–H groups in total. The van der Waals surface area contributed by atoms with Crippen LogP contribution in [0.5, 0.6) is 5.75 Å². The number of benzene rings is 2. The van der Waals surface area contributed by atoms with Gasteiger partial charge in [0.25, 0.3) is 0 Å². The van der Waals surface area contributed by atoms with Crippen molar-refractivity contribution in [2.75, 3.05) is 19.0 Å². The predicted molar refractivity (Wildman–Crippen MR) is 118 cm³/mol. The molecule has 1 heterocycles. The predicted octanol–water partition coefficient (Wildman–Crippen LogP) is 4.76. The van der Waals surface area contributed by atoms with Crippen LogP contribution >= 0.6 is 12.2 Å². The Labute approximate surface area is 171 Å². The molecule has 0 atom stereocenters. The number of imidazole rings is 1. The van der Waals surface area contributed by atoms with Crippen LogP contribution in [0.2, 0.25) is 0 Å². The number of nitrogens with one attached hydrogen (secondary N) is 2. The fraction of sp³-hybridized carbons (Fsp3) is 0.364. The van der Waals surface area contributed by atoms with Crippen LogP contribution in [0.1, 0.15) is 31.5 Å². The molecule has 1 saturated carbocycles. The molecular weight excluding hydrogens is 368 g/mol. The van der Waals surface area contributed by atoms with Gasteiger partial charge in [0.15, 0.2) is 5.11 Å². The van der Waals surface area contributed by atoms with Crippen molar-refractivity contribution in [1.82, 2.24) is 14.9 Å². The lowest BCUT2D eigenvalue weighted by atomic mass is 10.2. The maximum Gasteiger partial charge on any atom is 0.173 e. The summed E-state index contributed by atoms with van der Waals surface area (Å²) in [5, 5.41) is 4.18. The van der Waals surface area contributed by atoms with Crippen LogP contribution in [0.25, 0.3) is 11.0 Å². The standard InChI is InChI=1S/C22H26N4OS/c1-27-18-10-6-7-16(15-18)23-22(28)26(17-8-2-3-9-17)14-13-21-24-19-11-4-5-12-20(19)25-21/h4-7,10-12,15,17H,2-3,8-9,13-14H2,1H3,(H,23,28)(H,24,25). The molecule has 0 aliphatic heterocycles. The molecule has 0 bridgehead atoms. The van der Waals surface area contributed by atoms with Crippen LogP contribution in [0.3, 0.4) is 0 Å². The van der Waals surface area contributed by atoms with E-state index in [1.807, 2.05) is 42.5 Å². The van der Waals surface area contributed by atoms with E-state index >= 15 is 0 Å². The Morgan fingerprint density at radius 2 is 2.04 bits per heavy atom. The lowest BCUT2D eigenvalue weighted by molar-refractivity contribution is 0.320. The number of ether oxygens (including phenoxy) is 1. The second-order valence-corrected chi connectivity index (χ2v) is 7.63. The van der Waals surface area contributed by atoms with Gasteiger partial charge < -0.3 is 19.9 Å². The first kappa shape index (κ1) is 18.7. The number of thiocarbonyl (C=S) groups is 1. The van der Waals surface area contributed by atoms with Crippen LogP contribution < -0.4 is 10.1 Å². The third-order valence-corrected chi connectivity index (χ3v) is 5.71. The van der Waals surface area contributed by atoms with Crippen LogP contribution in [0, 0.1) is 0 Å². The number of fused-ring (bicyclic) bond motifs is 1. The smallest absolute Gasteiger partial charge is 0.173 e. The summed E-state index contributed by atoms with van der Waals surface area (Å²) in [6.45, 7) is 0.848. The highest BCUT2D eigenvalue weighted by Crippen LogP contribution is 2.25. The summed E-state index contributed by atoms with van der Waals surface area (Å²) >= 11 is 5.80. The SMILES string of the molecule is COc1cccc(NC(=S)N(CCc2nc3ccccc3[nH]2)C2CCCC2)c1. The molecule has 1 aliphatic carbocycles. The van der Waals surface area contributed by atoms with Crippen molar-refractivity contribution in [1.29, 1.82) is 0 Å². The van der Waals surface area contributed by atoms with Crippen molar-refractivity contribution < 1.29 is 4.74 Å². The van der Waals surface area contributed by atoms with Crippen molar-refractivity contribution in [2.24, 2.45) is 0 Å². The highest BCUT2D eigenvalue weighted by molar-refractivity contribution is 7.80. The fourth-order valence-corrected chi connectivity index (χ4v) is 4.27. The highest BCUT2D eigenvalue weighted by atomic mass is 32.1. The summed E-state index contributed by atoms with van der Waals surface area (Å²) in [7, 11) is 1.68. The molecule has 0 spiro atoms. The zero-order chi connectivity index (χ0) is 19.3. The number of aromatic nitrogens is 2. The molecule has 5 nitrogen and oxygen atoms in total. The minimum absolute atomic E-state index is 0.495. The fourth-order valence-electron chi connectivity index (χ4n) is 3.91. The summed E-state index contributed by atoms with van der Waals surface area (Å²) < 4.78 is 5.32. The number of para-hydroxylation sites is 2. The van der Waals surface area contributed by atoms with Gasteiger partial charge in [0.05, 0.1) is 18.1 Å². The number of anilines is 1. The Hall–Kier alpha value is -2.60. The maximum absolute atomic E-state index is 5.80. The largest absolute Gasteiger partial charge is 0.497 e. The quantitative estimate of drug-likeness (QED) is 0.591. The van der Waals surface area contributed by atoms with Gasteiger partial charge in [0.2, 0.25) is 0 Å². The molecule has 0 unspecified atom stereocenters. The van der Waals surface area contributed by atoms with Crippen molar-refractivity contribution in [3.8, 4) is 5.75 Å². The Morgan fingerprint density at radius 3 is 2.82 bits per heavy atom. The Bertz CT molecular complexity index is 915. The van der Waals surface area contributed by atoms with Gasteiger partial charge in [-0.1, -0.05) is 31.0 Å². The van der Waals surface area contributed by atoms with Crippen LogP contribution in [-0.2, 0) is 6.42 Å². The molecule has 0 radical (unpaired) electrons. The second-order valence-electron chi connectivity index (χ2n) is 7.24. The Balaban J connectivity index is 1.47. The molecule has 2 aromatic carbocycles. The molecule has 0 amide bonds. The first-order valence-electron chi connectivity index (χ1n) is 9.88. The highest BCUT2D eigenvalue weighted by Gasteiger charge is 2.25. The monoisotopic (exact) mass is 394 g/mol. The number of nitrogens with zero attached hydrogens (tertiary/aromatic N) is 2. The molecule has 1 fully saturated rings. The van der Waals surface area contributed by atoms with E-state index in [0.717, 1.165) is 46.4 Å². The van der Waals surface area contributed by atoms with Crippen molar-refractivity contribution in [3.63, 3.8) is 0 Å². The van der Waals surface area contributed by atoms with Crippen molar-refractivity contribution in [2.45, 2.75) is 38.1 Å². The van der Waals surface area contributed by atoms with Gasteiger partial charge in [-0.2, -0.15) is 0 Å². The van der Waals surface area contributed by atoms with Crippen LogP contribution in [-0.4, -0.2) is 39.7 Å². The number of hydrogen-bond acceptors (Lipinski definition) is 3. The number of hydrogen-bond donors (Lipinski definition) is 2. The van der Waals surface area contributed by atoms with E-state index in [0.29, 0.717) is 6.04 Å². The molecular formula is C22H26N4OS. The van der Waals surface area contributed by atoms with E-state index in [9.17, 15) is 0 Å². The van der Waals surface area contributed by atoms with Crippen molar-refractivity contribution in [3.05, 3.63) is 54.4 Å². The molecule has 0 saturated heterocycles. The topological polar surface area (TPSA) is 53.2 Å². The average molecular weight is 395 g/mol. The third-order valence-electron chi connectivity index (χ3n) is 5.38. The normalized spacial score (nSPS) is 14.3. The first-order valence-corrected chi connectivity index (χ1v) is 10.3. The lowest BCUT2D eigenvalue weighted by Crippen LogP contribution is -2.42. The number of aromatic amines is 1. The average Bonchev–Trinajstić information content (AvgIpc) is 3.38. The van der Waals surface area contributed by atoms with Gasteiger partial charge >= 0.3 is 0 Å². The van der Waals surface area contributed by atoms with Gasteiger partial charge in [0.1, 0.15) is 11.6 Å². The van der Waals surface area contributed by atoms with Crippen LogP contribution in [0.15, 0.2) is 48.5 Å². The second kappa shape index (κ2) is 8.61. The summed E-state index contributed by atoms with van der Waals surface area (Å²) in [6.07, 6.45) is 5.77. The molecule has 3 aromatic rings. The number of methoxy groups -OCH3 is 1. The summed E-state index contributed by atoms with van der Waals surface area (Å²) in [4.78, 5) is 10.5. The summed E-state index contributed by atoms with van der Waals surface area (Å²) in [6, 6.07) is 16.5. The summed E-state index contributed by atoms with van der Waals surface area (Å²) in [5.41, 5.74) is 3.06. The zero-order valence-corrected chi connectivity index (χ0v) is 17.0. The lowest BCUT2D eigenvalue weighted by Gasteiger charge is -2.31. The van der Waals surface area contributed by atoms with Gasteiger partial charge in [-0.25, -0.2) is 4.98 Å². The molecule has 146 valence electrons. The van der Waals surface area contributed by atoms with Gasteiger partial charge in [-0.05, 0) is 49.3 Å². The Kier molecular flexibility index (Phi) is 5.76. The molecule has 6 heteroatoms. The minimum Gasteiger partial charge on any atom is -0.497 e. The van der Waals surface area contributed by atoms with E-state index in [2.05, 4.69) is 21.3 Å². The number of rotatable bonds is 6. The van der Waals surface area contributed by atoms with E-state index in [1.54, 1.807) is 7.11 Å². The molecule has 1 aromatic heterocycles. The van der Waals surface area contributed by atoms with Crippen molar-refractivity contribution >= 4 is 34.1 Å². The first-order chi connectivity index (χ1) is 13.7. The van der Waals surface area contributed by atoms with E-state index in [-0.39, 0.29) is 0 Å². The zero-order valence-electron chi connectivity index (χ0n) is 16.1.